The Morgan fingerprint density at radius 3 is 0.250 bits per heavy atom. The fourth-order valence-corrected chi connectivity index (χ4v) is 0. The van der Waals surface area contributed by atoms with E-state index in [0.717, 1.165) is 0 Å². The van der Waals surface area contributed by atoms with Gasteiger partial charge in [0.1, 0.15) is 0 Å². The van der Waals surface area contributed by atoms with Crippen molar-refractivity contribution in [3.8, 4) is 0 Å². The fourth-order valence-electron chi connectivity index (χ4n) is 0. The van der Waals surface area contributed by atoms with E-state index in [9.17, 15) is 0 Å². The van der Waals surface area contributed by atoms with Gasteiger partial charge in [0, 0.05) is 0 Å². The second-order valence-electron chi connectivity index (χ2n) is 0. The Morgan fingerprint density at radius 1 is 0.250 bits per heavy atom. The zero-order valence-electron chi connectivity index (χ0n) is 2.97. The molecule has 0 spiro atoms. The van der Waals surface area contributed by atoms with Crippen LogP contribution in [-0.4, -0.2) is 0 Å². The summed E-state index contributed by atoms with van der Waals surface area (Å²) in [4.78, 5) is 0. The molecular weight excluding hydrogens is 428 g/mol. The fraction of sp³-hybridized carbons (Fsp3) is 0. The minimum atomic E-state index is 0. The Bertz CT molecular complexity index is 6.49. The first-order valence-electron chi connectivity index (χ1n) is 0. The minimum absolute atomic E-state index is 0. The van der Waals surface area contributed by atoms with Crippen LogP contribution < -0.4 is 28.2 Å². The maximum absolute atomic E-state index is 0. The summed E-state index contributed by atoms with van der Waals surface area (Å²) in [6, 6.07) is 0. The molecule has 0 saturated carbocycles. The molecule has 0 nitrogen and oxygen atoms in total. The van der Waals surface area contributed by atoms with Gasteiger partial charge in [-0.2, -0.15) is 0 Å². The van der Waals surface area contributed by atoms with E-state index in [0.29, 0.717) is 0 Å². The van der Waals surface area contributed by atoms with Crippen molar-refractivity contribution >= 4 is 0 Å². The molecule has 0 aliphatic rings. The molecule has 0 aromatic heterocycles. The van der Waals surface area contributed by atoms with Crippen LogP contribution in [0, 0.1) is 79.9 Å². The smallest absolute Gasteiger partial charge is 1.00 e. The van der Waals surface area contributed by atoms with Crippen LogP contribution in [0.2, 0.25) is 0 Å². The first kappa shape index (κ1) is 175. The number of hydrogen-bond donors (Lipinski definition) is 0. The van der Waals surface area contributed by atoms with Gasteiger partial charge in [0.15, 0.2) is 0 Å². The van der Waals surface area contributed by atoms with Crippen molar-refractivity contribution in [3.63, 3.8) is 0 Å². The Labute approximate surface area is 106 Å². The monoisotopic (exact) mass is 430 g/mol. The van der Waals surface area contributed by atoms with Crippen LogP contribution in [0.5, 0.6) is 0 Å². The van der Waals surface area contributed by atoms with E-state index in [1.807, 2.05) is 0 Å². The van der Waals surface area contributed by atoms with Gasteiger partial charge >= 0.3 is 79.9 Å². The van der Waals surface area contributed by atoms with E-state index in [2.05, 4.69) is 0 Å². The van der Waals surface area contributed by atoms with Crippen LogP contribution in [-0.2, 0) is 0 Å². The maximum atomic E-state index is 0. The second kappa shape index (κ2) is 126. The second-order valence-corrected chi connectivity index (χ2v) is 0. The summed E-state index contributed by atoms with van der Waals surface area (Å²) < 4.78 is 0. The molecule has 8 heavy (non-hydrogen) atoms. The van der Waals surface area contributed by atoms with Crippen LogP contribution in [0.1, 0.15) is 0 Å². The Morgan fingerprint density at radius 2 is 0.250 bits per heavy atom. The Hall–Kier alpha value is 2.23. The third-order valence-corrected chi connectivity index (χ3v) is 0. The average molecular weight is 428 g/mol. The van der Waals surface area contributed by atoms with E-state index in [1.54, 1.807) is 0 Å². The van der Waals surface area contributed by atoms with Crippen molar-refractivity contribution in [1.29, 1.82) is 0 Å². The molecule has 0 aliphatic carbocycles. The van der Waals surface area contributed by atoms with E-state index in [-0.39, 0.29) is 108 Å². The first-order valence-corrected chi connectivity index (χ1v) is 0. The van der Waals surface area contributed by atoms with Crippen LogP contribution >= 0.6 is 0 Å². The molecule has 0 heterocycles. The first-order chi connectivity index (χ1) is 0. The molecule has 58 valence electrons. The van der Waals surface area contributed by atoms with Gasteiger partial charge in [0.05, 0.1) is 0 Å². The maximum Gasteiger partial charge on any atom is 3.00 e. The predicted molar refractivity (Wildman–Crippen MR) is 0 cm³/mol. The number of rotatable bonds is 0. The SMILES string of the molecule is [F-].[F-].[F-].[F-].[F-].[F-].[Gd+3].[Gd+3]. The molecule has 2 radical (unpaired) electrons. The standard InChI is InChI=1S/6FH.2Gd/h6*1H;;/q;;;;;;2*+3/p-6. The normalized spacial score (nSPS) is 0. The molecule has 0 saturated heterocycles. The van der Waals surface area contributed by atoms with Crippen LogP contribution in [0.4, 0.5) is 0 Å². The van der Waals surface area contributed by atoms with Gasteiger partial charge in [-0.15, -0.1) is 0 Å². The summed E-state index contributed by atoms with van der Waals surface area (Å²) in [7, 11) is 0. The van der Waals surface area contributed by atoms with E-state index < -0.39 is 0 Å². The van der Waals surface area contributed by atoms with Gasteiger partial charge < -0.3 is 28.2 Å². The summed E-state index contributed by atoms with van der Waals surface area (Å²) in [5.74, 6) is 0. The van der Waals surface area contributed by atoms with Crippen molar-refractivity contribution in [3.05, 3.63) is 0 Å². The van der Waals surface area contributed by atoms with Crippen LogP contribution in [0.3, 0.4) is 0 Å². The molecule has 0 aliphatic heterocycles. The molecule has 8 heteroatoms. The van der Waals surface area contributed by atoms with Gasteiger partial charge in [-0.3, -0.25) is 0 Å². The molecule has 0 amide bonds. The van der Waals surface area contributed by atoms with Crippen molar-refractivity contribution in [2.45, 2.75) is 0 Å². The summed E-state index contributed by atoms with van der Waals surface area (Å²) in [6.07, 6.45) is 0. The Kier molecular flexibility index (Phi) is 2760. The molecule has 0 atom stereocenters. The molecule has 0 unspecified atom stereocenters. The van der Waals surface area contributed by atoms with Gasteiger partial charge in [0.2, 0.25) is 0 Å². The Balaban J connectivity index is 0. The number of halogens is 6. The van der Waals surface area contributed by atoms with Crippen molar-refractivity contribution < 1.29 is 108 Å². The third-order valence-electron chi connectivity index (χ3n) is 0. The largest absolute Gasteiger partial charge is 3.00 e. The molecule has 0 bridgehead atoms. The molecule has 0 fully saturated rings. The number of hydrogen-bond acceptors (Lipinski definition) is 0. The van der Waals surface area contributed by atoms with Crippen molar-refractivity contribution in [2.75, 3.05) is 0 Å². The van der Waals surface area contributed by atoms with E-state index >= 15 is 0 Å². The zero-order valence-corrected chi connectivity index (χ0v) is 7.51. The zero-order chi connectivity index (χ0) is 0. The minimum Gasteiger partial charge on any atom is -1.00 e. The predicted octanol–water partition coefficient (Wildman–Crippen LogP) is -18.0. The van der Waals surface area contributed by atoms with Crippen molar-refractivity contribution in [2.24, 2.45) is 0 Å². The van der Waals surface area contributed by atoms with E-state index in [4.69, 9.17) is 0 Å². The topological polar surface area (TPSA) is 0 Å². The summed E-state index contributed by atoms with van der Waals surface area (Å²) >= 11 is 0. The summed E-state index contributed by atoms with van der Waals surface area (Å²) in [5.41, 5.74) is 0. The molecule has 0 rings (SSSR count). The van der Waals surface area contributed by atoms with Gasteiger partial charge in [0.25, 0.3) is 0 Å². The third kappa shape index (κ3) is 86.5. The van der Waals surface area contributed by atoms with Gasteiger partial charge in [-0.25, -0.2) is 0 Å². The quantitative estimate of drug-likeness (QED) is 0.337. The summed E-state index contributed by atoms with van der Waals surface area (Å²) in [5, 5.41) is 0. The van der Waals surface area contributed by atoms with Crippen LogP contribution in [0.15, 0.2) is 0 Å². The van der Waals surface area contributed by atoms with Crippen molar-refractivity contribution in [1.82, 2.24) is 0 Å². The molecular formula is F6Gd2. The molecule has 0 aromatic rings. The van der Waals surface area contributed by atoms with Gasteiger partial charge in [-0.05, 0) is 0 Å². The molecule has 0 N–H and O–H groups in total. The van der Waals surface area contributed by atoms with E-state index in [1.165, 1.54) is 0 Å². The summed E-state index contributed by atoms with van der Waals surface area (Å²) in [6.45, 7) is 0. The van der Waals surface area contributed by atoms with Crippen LogP contribution in [0.25, 0.3) is 0 Å². The average Bonchev–Trinajstić information content (AvgIpc) is 0. The molecule has 0 aromatic carbocycles. The van der Waals surface area contributed by atoms with Gasteiger partial charge in [-0.1, -0.05) is 0 Å².